The molecule has 0 saturated carbocycles. The highest BCUT2D eigenvalue weighted by Crippen LogP contribution is 2.01. The molecule has 0 atom stereocenters. The fraction of sp³-hybridized carbons (Fsp3) is 0. The van der Waals surface area contributed by atoms with E-state index in [-0.39, 0.29) is 0 Å². The molecule has 0 fully saturated rings. The zero-order chi connectivity index (χ0) is 8.93. The van der Waals surface area contributed by atoms with E-state index < -0.39 is 0 Å². The summed E-state index contributed by atoms with van der Waals surface area (Å²) in [5.74, 6) is 0. The summed E-state index contributed by atoms with van der Waals surface area (Å²) < 4.78 is 1.91. The summed E-state index contributed by atoms with van der Waals surface area (Å²) in [6.45, 7) is 0. The number of hydrogen-bond donors (Lipinski definition) is 0. The summed E-state index contributed by atoms with van der Waals surface area (Å²) in [5.41, 5.74) is 1.19. The normalized spacial score (nSPS) is 10.8. The van der Waals surface area contributed by atoms with Crippen molar-refractivity contribution in [2.45, 2.75) is 0 Å². The second-order valence-electron chi connectivity index (χ2n) is 2.74. The van der Waals surface area contributed by atoms with Crippen molar-refractivity contribution in [3.05, 3.63) is 54.6 Å². The molecule has 0 N–H and O–H groups in total. The zero-order valence-electron chi connectivity index (χ0n) is 7.17. The molecule has 2 aromatic rings. The molecular weight excluding hydrogens is 160 g/mol. The summed E-state index contributed by atoms with van der Waals surface area (Å²) in [5, 5.41) is 0. The van der Waals surface area contributed by atoms with E-state index in [1.165, 1.54) is 5.56 Å². The molecule has 13 heavy (non-hydrogen) atoms. The molecule has 64 valence electrons. The van der Waals surface area contributed by atoms with Gasteiger partial charge < -0.3 is 4.57 Å². The average Bonchev–Trinajstić information content (AvgIpc) is 2.69. The second kappa shape index (κ2) is 3.72. The Morgan fingerprint density at radius 3 is 2.69 bits per heavy atom. The van der Waals surface area contributed by atoms with Gasteiger partial charge in [0.1, 0.15) is 0 Å². The molecule has 0 amide bonds. The van der Waals surface area contributed by atoms with Crippen molar-refractivity contribution in [1.29, 1.82) is 0 Å². The first-order chi connectivity index (χ1) is 6.45. The minimum absolute atomic E-state index is 1.19. The van der Waals surface area contributed by atoms with Gasteiger partial charge in [-0.2, -0.15) is 0 Å². The lowest BCUT2D eigenvalue weighted by molar-refractivity contribution is 1.14. The molecule has 0 aliphatic carbocycles. The first kappa shape index (κ1) is 7.80. The Morgan fingerprint density at radius 1 is 1.15 bits per heavy atom. The van der Waals surface area contributed by atoms with E-state index in [1.807, 2.05) is 41.2 Å². The molecule has 0 bridgehead atoms. The van der Waals surface area contributed by atoms with Crippen LogP contribution in [-0.4, -0.2) is 9.55 Å². The second-order valence-corrected chi connectivity index (χ2v) is 2.74. The predicted molar refractivity (Wildman–Crippen MR) is 53.9 cm³/mol. The van der Waals surface area contributed by atoms with E-state index in [9.17, 15) is 0 Å². The van der Waals surface area contributed by atoms with Crippen molar-refractivity contribution in [2.24, 2.45) is 0 Å². The highest BCUT2D eigenvalue weighted by Gasteiger charge is 1.83. The molecule has 0 spiro atoms. The van der Waals surface area contributed by atoms with Crippen molar-refractivity contribution < 1.29 is 0 Å². The minimum atomic E-state index is 1.19. The van der Waals surface area contributed by atoms with Gasteiger partial charge in [0.2, 0.25) is 0 Å². The van der Waals surface area contributed by atoms with Gasteiger partial charge in [-0.15, -0.1) is 0 Å². The predicted octanol–water partition coefficient (Wildman–Crippen LogP) is 2.51. The largest absolute Gasteiger partial charge is 0.313 e. The van der Waals surface area contributed by atoms with E-state index in [2.05, 4.69) is 17.1 Å². The first-order valence-corrected chi connectivity index (χ1v) is 4.16. The van der Waals surface area contributed by atoms with Gasteiger partial charge in [-0.25, -0.2) is 4.98 Å². The maximum Gasteiger partial charge on any atom is 0.0986 e. The molecule has 0 aliphatic rings. The van der Waals surface area contributed by atoms with Crippen LogP contribution in [0.1, 0.15) is 5.56 Å². The van der Waals surface area contributed by atoms with E-state index in [0.29, 0.717) is 0 Å². The number of imidazole rings is 1. The van der Waals surface area contributed by atoms with Crippen LogP contribution in [0.4, 0.5) is 0 Å². The number of hydrogen-bond acceptors (Lipinski definition) is 1. The van der Waals surface area contributed by atoms with Crippen LogP contribution < -0.4 is 0 Å². The molecule has 0 radical (unpaired) electrons. The van der Waals surface area contributed by atoms with E-state index >= 15 is 0 Å². The molecule has 0 saturated heterocycles. The molecule has 1 heterocycles. The SMILES string of the molecule is C(=Cn1ccnc1)c1ccccc1. The summed E-state index contributed by atoms with van der Waals surface area (Å²) in [7, 11) is 0. The van der Waals surface area contributed by atoms with E-state index in [4.69, 9.17) is 0 Å². The van der Waals surface area contributed by atoms with Crippen LogP contribution in [0.5, 0.6) is 0 Å². The summed E-state index contributed by atoms with van der Waals surface area (Å²) >= 11 is 0. The summed E-state index contributed by atoms with van der Waals surface area (Å²) in [6.07, 6.45) is 9.44. The monoisotopic (exact) mass is 170 g/mol. The molecule has 2 rings (SSSR count). The van der Waals surface area contributed by atoms with Crippen molar-refractivity contribution in [2.75, 3.05) is 0 Å². The molecule has 2 heteroatoms. The molecular formula is C11H10N2. The highest BCUT2D eigenvalue weighted by atomic mass is 15.0. The third kappa shape index (κ3) is 2.06. The lowest BCUT2D eigenvalue weighted by atomic mass is 10.2. The van der Waals surface area contributed by atoms with Crippen molar-refractivity contribution >= 4 is 12.3 Å². The maximum absolute atomic E-state index is 3.95. The Bertz CT molecular complexity index is 374. The number of rotatable bonds is 2. The maximum atomic E-state index is 3.95. The lowest BCUT2D eigenvalue weighted by Gasteiger charge is -1.91. The zero-order valence-corrected chi connectivity index (χ0v) is 7.17. The van der Waals surface area contributed by atoms with Gasteiger partial charge in [-0.1, -0.05) is 30.3 Å². The van der Waals surface area contributed by atoms with Crippen LogP contribution in [-0.2, 0) is 0 Å². The number of nitrogens with zero attached hydrogens (tertiary/aromatic N) is 2. The fourth-order valence-corrected chi connectivity index (χ4v) is 1.09. The third-order valence-corrected chi connectivity index (χ3v) is 1.76. The molecule has 0 aliphatic heterocycles. The van der Waals surface area contributed by atoms with Crippen LogP contribution in [0, 0.1) is 0 Å². The summed E-state index contributed by atoms with van der Waals surface area (Å²) in [4.78, 5) is 3.95. The number of aromatic nitrogens is 2. The Balaban J connectivity index is 2.15. The Morgan fingerprint density at radius 2 is 2.00 bits per heavy atom. The van der Waals surface area contributed by atoms with Gasteiger partial charge in [0, 0.05) is 18.6 Å². The van der Waals surface area contributed by atoms with Gasteiger partial charge in [-0.05, 0) is 11.6 Å². The topological polar surface area (TPSA) is 17.8 Å². The van der Waals surface area contributed by atoms with Crippen LogP contribution in [0.25, 0.3) is 12.3 Å². The van der Waals surface area contributed by atoms with Gasteiger partial charge in [-0.3, -0.25) is 0 Å². The van der Waals surface area contributed by atoms with Crippen molar-refractivity contribution in [3.63, 3.8) is 0 Å². The quantitative estimate of drug-likeness (QED) is 0.677. The van der Waals surface area contributed by atoms with E-state index in [1.54, 1.807) is 12.5 Å². The Hall–Kier alpha value is -1.83. The van der Waals surface area contributed by atoms with Crippen molar-refractivity contribution in [3.8, 4) is 0 Å². The molecule has 1 aromatic heterocycles. The molecule has 2 nitrogen and oxygen atoms in total. The first-order valence-electron chi connectivity index (χ1n) is 4.16. The number of benzene rings is 1. The van der Waals surface area contributed by atoms with Crippen LogP contribution in [0.3, 0.4) is 0 Å². The Labute approximate surface area is 77.2 Å². The lowest BCUT2D eigenvalue weighted by Crippen LogP contribution is -1.78. The van der Waals surface area contributed by atoms with Crippen LogP contribution in [0.2, 0.25) is 0 Å². The van der Waals surface area contributed by atoms with Crippen molar-refractivity contribution in [1.82, 2.24) is 9.55 Å². The highest BCUT2D eigenvalue weighted by molar-refractivity contribution is 5.59. The summed E-state index contributed by atoms with van der Waals surface area (Å²) in [6, 6.07) is 10.2. The Kier molecular flexibility index (Phi) is 2.23. The van der Waals surface area contributed by atoms with Gasteiger partial charge in [0.15, 0.2) is 0 Å². The minimum Gasteiger partial charge on any atom is -0.313 e. The smallest absolute Gasteiger partial charge is 0.0986 e. The van der Waals surface area contributed by atoms with Gasteiger partial charge in [0.25, 0.3) is 0 Å². The molecule has 0 unspecified atom stereocenters. The van der Waals surface area contributed by atoms with Crippen LogP contribution in [0.15, 0.2) is 49.1 Å². The van der Waals surface area contributed by atoms with Gasteiger partial charge >= 0.3 is 0 Å². The average molecular weight is 170 g/mol. The fourth-order valence-electron chi connectivity index (χ4n) is 1.09. The van der Waals surface area contributed by atoms with Gasteiger partial charge in [0.05, 0.1) is 6.33 Å². The third-order valence-electron chi connectivity index (χ3n) is 1.76. The van der Waals surface area contributed by atoms with Crippen LogP contribution >= 0.6 is 0 Å². The standard InChI is InChI=1S/C11H10N2/c1-2-4-11(5-3-1)6-8-13-9-7-12-10-13/h1-10H. The molecule has 1 aromatic carbocycles. The van der Waals surface area contributed by atoms with E-state index in [0.717, 1.165) is 0 Å².